The van der Waals surface area contributed by atoms with Crippen LogP contribution in [0.4, 0.5) is 0 Å². The van der Waals surface area contributed by atoms with Gasteiger partial charge in [-0.2, -0.15) is 0 Å². The molecule has 0 aromatic carbocycles. The molecule has 0 unspecified atom stereocenters. The van der Waals surface area contributed by atoms with Crippen LogP contribution in [0.2, 0.25) is 0 Å². The third-order valence-electron chi connectivity index (χ3n) is 0.959. The Morgan fingerprint density at radius 1 is 1.33 bits per heavy atom. The molecule has 44 valence electrons. The summed E-state index contributed by atoms with van der Waals surface area (Å²) in [5.41, 5.74) is 0. The van der Waals surface area contributed by atoms with Crippen molar-refractivity contribution in [2.24, 2.45) is 0 Å². The van der Waals surface area contributed by atoms with Crippen molar-refractivity contribution in [2.75, 3.05) is 0 Å². The number of hydrogen-bond acceptors (Lipinski definition) is 2. The van der Waals surface area contributed by atoms with Gasteiger partial charge in [0.15, 0.2) is 0 Å². The maximum Gasteiger partial charge on any atom is 0.109 e. The molecule has 0 spiro atoms. The van der Waals surface area contributed by atoms with Gasteiger partial charge in [-0.1, -0.05) is 0 Å². The maximum atomic E-state index is 4.57. The molecule has 0 atom stereocenters. The number of rotatable bonds is 0. The molecule has 1 aromatic heterocycles. The van der Waals surface area contributed by atoms with Crippen molar-refractivity contribution in [3.8, 4) is 0 Å². The number of hydrogen-bond donors (Lipinski definition) is 1. The van der Waals surface area contributed by atoms with E-state index in [9.17, 15) is 0 Å². The maximum absolute atomic E-state index is 4.57. The quantitative estimate of drug-likeness (QED) is 0.508. The van der Waals surface area contributed by atoms with E-state index >= 15 is 0 Å². The smallest absolute Gasteiger partial charge is 0.109 e. The van der Waals surface area contributed by atoms with Crippen LogP contribution in [0.25, 0.3) is 0 Å². The fourth-order valence-corrected chi connectivity index (χ4v) is 0.878. The molecule has 0 bridgehead atoms. The summed E-state index contributed by atoms with van der Waals surface area (Å²) in [4.78, 5) is 2.86. The van der Waals surface area contributed by atoms with E-state index in [4.69, 9.17) is 0 Å². The van der Waals surface area contributed by atoms with E-state index in [2.05, 4.69) is 39.5 Å². The predicted octanol–water partition coefficient (Wildman–Crippen LogP) is -0.445. The molecule has 0 amide bonds. The Labute approximate surface area is 62.7 Å². The summed E-state index contributed by atoms with van der Waals surface area (Å²) in [6.45, 7) is 0. The average molecular weight is 153 g/mol. The van der Waals surface area contributed by atoms with Gasteiger partial charge in [-0.3, -0.25) is 0 Å². The van der Waals surface area contributed by atoms with Gasteiger partial charge in [0, 0.05) is 6.20 Å². The van der Waals surface area contributed by atoms with Gasteiger partial charge in [0.2, 0.25) is 0 Å². The Balaban J connectivity index is 3.92. The highest BCUT2D eigenvalue weighted by Crippen LogP contribution is 1.53. The molecular formula is C6H3NS2. The zero-order valence-electron chi connectivity index (χ0n) is 4.47. The minimum Gasteiger partial charge on any atom is -0.354 e. The van der Waals surface area contributed by atoms with Crippen molar-refractivity contribution in [1.29, 1.82) is 0 Å². The first-order valence-corrected chi connectivity index (χ1v) is 3.14. The Hall–Kier alpha value is -0.720. The van der Waals surface area contributed by atoms with E-state index in [0.717, 1.165) is 10.6 Å². The summed E-state index contributed by atoms with van der Waals surface area (Å²) >= 11 is 9.13. The summed E-state index contributed by atoms with van der Waals surface area (Å²) in [5.74, 6) is 0. The SMILES string of the molecule is S=C=c1cc[nH]c1=C=S. The Morgan fingerprint density at radius 3 is 2.56 bits per heavy atom. The summed E-state index contributed by atoms with van der Waals surface area (Å²) in [6.07, 6.45) is 1.75. The van der Waals surface area contributed by atoms with Gasteiger partial charge in [0.05, 0.1) is 5.22 Å². The van der Waals surface area contributed by atoms with Gasteiger partial charge < -0.3 is 4.98 Å². The highest BCUT2D eigenvalue weighted by Gasteiger charge is 1.78. The first-order valence-electron chi connectivity index (χ1n) is 2.32. The Bertz CT molecular complexity index is 318. The van der Waals surface area contributed by atoms with Crippen LogP contribution in [0.3, 0.4) is 0 Å². The minimum atomic E-state index is 0.736. The molecule has 0 aliphatic carbocycles. The third-order valence-corrected chi connectivity index (χ3v) is 1.38. The summed E-state index contributed by atoms with van der Waals surface area (Å²) in [5, 5.41) is 6.62. The first kappa shape index (κ1) is 6.40. The third kappa shape index (κ3) is 1.15. The van der Waals surface area contributed by atoms with E-state index in [0.29, 0.717) is 0 Å². The van der Waals surface area contributed by atoms with E-state index in [1.807, 2.05) is 6.07 Å². The normalized spacial score (nSPS) is 8.00. The summed E-state index contributed by atoms with van der Waals surface area (Å²) in [7, 11) is 0. The standard InChI is InChI=1S/C6H3NS2/c8-3-5-1-2-7-6(5)4-9/h1-2,7H. The summed E-state index contributed by atoms with van der Waals surface area (Å²) in [6, 6.07) is 1.81. The number of thiocarbonyl (C=S) groups is 2. The fraction of sp³-hybridized carbons (Fsp3) is 0. The number of H-pyrrole nitrogens is 1. The second-order valence-corrected chi connectivity index (χ2v) is 1.88. The van der Waals surface area contributed by atoms with Gasteiger partial charge in [0.1, 0.15) is 5.35 Å². The first-order chi connectivity index (χ1) is 4.38. The van der Waals surface area contributed by atoms with Crippen LogP contribution in [0.15, 0.2) is 12.3 Å². The lowest BCUT2D eigenvalue weighted by molar-refractivity contribution is 1.34. The van der Waals surface area contributed by atoms with Gasteiger partial charge >= 0.3 is 0 Å². The van der Waals surface area contributed by atoms with Crippen LogP contribution in [0.1, 0.15) is 0 Å². The molecule has 1 N–H and O–H groups in total. The highest BCUT2D eigenvalue weighted by molar-refractivity contribution is 7.78. The number of aromatic nitrogens is 1. The molecule has 0 aliphatic rings. The average Bonchev–Trinajstić information content (AvgIpc) is 2.33. The van der Waals surface area contributed by atoms with Crippen LogP contribution in [-0.2, 0) is 0 Å². The molecule has 1 nitrogen and oxygen atoms in total. The molecule has 0 aliphatic heterocycles. The van der Waals surface area contributed by atoms with Crippen molar-refractivity contribution >= 4 is 34.5 Å². The highest BCUT2D eigenvalue weighted by atomic mass is 32.1. The van der Waals surface area contributed by atoms with Crippen molar-refractivity contribution in [3.05, 3.63) is 22.8 Å². The lowest BCUT2D eigenvalue weighted by Gasteiger charge is -1.62. The molecule has 0 saturated heterocycles. The molecule has 0 radical (unpaired) electrons. The fourth-order valence-electron chi connectivity index (χ4n) is 0.539. The molecule has 0 saturated carbocycles. The molecule has 1 aromatic rings. The van der Waals surface area contributed by atoms with Gasteiger partial charge in [-0.15, -0.1) is 0 Å². The lowest BCUT2D eigenvalue weighted by atomic mass is 10.5. The van der Waals surface area contributed by atoms with Crippen molar-refractivity contribution < 1.29 is 0 Å². The zero-order valence-corrected chi connectivity index (χ0v) is 6.10. The molecule has 3 heteroatoms. The Morgan fingerprint density at radius 2 is 2.11 bits per heavy atom. The minimum absolute atomic E-state index is 0.736. The Kier molecular flexibility index (Phi) is 1.93. The van der Waals surface area contributed by atoms with Gasteiger partial charge in [-0.25, -0.2) is 0 Å². The molecular weight excluding hydrogens is 150 g/mol. The van der Waals surface area contributed by atoms with Gasteiger partial charge in [0.25, 0.3) is 0 Å². The van der Waals surface area contributed by atoms with Crippen molar-refractivity contribution in [3.63, 3.8) is 0 Å². The van der Waals surface area contributed by atoms with Gasteiger partial charge in [-0.05, 0) is 40.5 Å². The zero-order chi connectivity index (χ0) is 6.69. The second kappa shape index (κ2) is 2.72. The summed E-state index contributed by atoms with van der Waals surface area (Å²) < 4.78 is 0. The number of aromatic amines is 1. The van der Waals surface area contributed by atoms with E-state index in [1.165, 1.54) is 0 Å². The molecule has 1 rings (SSSR count). The molecule has 1 heterocycles. The van der Waals surface area contributed by atoms with Crippen LogP contribution < -0.4 is 10.6 Å². The second-order valence-electron chi connectivity index (χ2n) is 1.47. The van der Waals surface area contributed by atoms with E-state index in [-0.39, 0.29) is 0 Å². The van der Waals surface area contributed by atoms with E-state index in [1.54, 1.807) is 6.20 Å². The van der Waals surface area contributed by atoms with Crippen molar-refractivity contribution in [1.82, 2.24) is 4.98 Å². The predicted molar refractivity (Wildman–Crippen MR) is 43.4 cm³/mol. The van der Waals surface area contributed by atoms with Crippen LogP contribution in [0.5, 0.6) is 0 Å². The van der Waals surface area contributed by atoms with Crippen LogP contribution in [-0.4, -0.2) is 15.0 Å². The largest absolute Gasteiger partial charge is 0.354 e. The van der Waals surface area contributed by atoms with E-state index < -0.39 is 0 Å². The van der Waals surface area contributed by atoms with Crippen LogP contribution in [0, 0.1) is 0 Å². The molecule has 9 heavy (non-hydrogen) atoms. The number of nitrogens with one attached hydrogen (secondary N) is 1. The lowest BCUT2D eigenvalue weighted by Crippen LogP contribution is -2.23. The monoisotopic (exact) mass is 153 g/mol. The van der Waals surface area contributed by atoms with Crippen molar-refractivity contribution in [2.45, 2.75) is 0 Å². The molecule has 0 fully saturated rings. The topological polar surface area (TPSA) is 15.8 Å². The van der Waals surface area contributed by atoms with Crippen LogP contribution >= 0.6 is 24.4 Å².